The Kier molecular flexibility index (Phi) is 8.16. The number of carbonyl (C=O) groups excluding carboxylic acids is 4. The van der Waals surface area contributed by atoms with Crippen molar-refractivity contribution >= 4 is 33.8 Å². The number of halogens is 1. The molecule has 1 aromatic carbocycles. The molecule has 4 N–H and O–H groups in total. The molecular formula is C30H38FN5O7S. The van der Waals surface area contributed by atoms with Crippen LogP contribution in [-0.2, 0) is 42.2 Å². The van der Waals surface area contributed by atoms with Crippen LogP contribution in [0.2, 0.25) is 0 Å². The van der Waals surface area contributed by atoms with Crippen LogP contribution >= 0.6 is 0 Å². The van der Waals surface area contributed by atoms with Crippen molar-refractivity contribution < 1.29 is 36.7 Å². The normalized spacial score (nSPS) is 31.5. The molecule has 2 saturated carbocycles. The summed E-state index contributed by atoms with van der Waals surface area (Å²) in [5.74, 6) is -2.73. The zero-order chi connectivity index (χ0) is 31.2. The second kappa shape index (κ2) is 11.8. The summed E-state index contributed by atoms with van der Waals surface area (Å²) in [5.41, 5.74) is 5.89. The van der Waals surface area contributed by atoms with Gasteiger partial charge < -0.3 is 20.7 Å². The average Bonchev–Trinajstić information content (AvgIpc) is 3.86. The molecule has 12 nitrogen and oxygen atoms in total. The monoisotopic (exact) mass is 631 g/mol. The summed E-state index contributed by atoms with van der Waals surface area (Å²) in [6.07, 6.45) is 6.91. The summed E-state index contributed by atoms with van der Waals surface area (Å²) in [6, 6.07) is 2.68. The van der Waals surface area contributed by atoms with Gasteiger partial charge in [-0.1, -0.05) is 37.1 Å². The highest BCUT2D eigenvalue weighted by molar-refractivity contribution is 7.91. The lowest BCUT2D eigenvalue weighted by Crippen LogP contribution is -2.57. The van der Waals surface area contributed by atoms with Crippen LogP contribution in [-0.4, -0.2) is 77.6 Å². The summed E-state index contributed by atoms with van der Waals surface area (Å²) >= 11 is 0. The highest BCUT2D eigenvalue weighted by Gasteiger charge is 2.62. The van der Waals surface area contributed by atoms with Crippen LogP contribution < -0.4 is 15.8 Å². The van der Waals surface area contributed by atoms with Crippen LogP contribution in [0.15, 0.2) is 30.4 Å². The van der Waals surface area contributed by atoms with Gasteiger partial charge in [-0.3, -0.25) is 24.0 Å². The summed E-state index contributed by atoms with van der Waals surface area (Å²) in [5, 5.41) is 2.16. The number of carbonyl (C=O) groups is 4. The van der Waals surface area contributed by atoms with Crippen LogP contribution in [0.4, 0.5) is 9.18 Å². The van der Waals surface area contributed by atoms with E-state index < -0.39 is 74.5 Å². The smallest absolute Gasteiger partial charge is 0.410 e. The number of benzene rings is 1. The number of amides is 4. The number of nitrogens with two attached hydrogens (primary N) is 1. The van der Waals surface area contributed by atoms with Gasteiger partial charge >= 0.3 is 6.09 Å². The zero-order valence-corrected chi connectivity index (χ0v) is 25.2. The SMILES string of the molecule is N[C@H]1CCCCC/C=C\[C@H]2C[C@@]2(C(=O)NS(=O)(=O)C2CC2)NC(=O)C2C[C@@H](OC(=O)N3Cc4cccc(F)c4C3)CN2C1=O. The molecular weight excluding hydrogens is 593 g/mol. The first-order valence-electron chi connectivity index (χ1n) is 15.3. The second-order valence-corrected chi connectivity index (χ2v) is 14.6. The molecule has 4 amide bonds. The molecule has 6 rings (SSSR count). The third-order valence-electron chi connectivity index (χ3n) is 9.34. The first-order valence-corrected chi connectivity index (χ1v) is 16.9. The molecule has 0 radical (unpaired) electrons. The van der Waals surface area contributed by atoms with Crippen LogP contribution in [0, 0.1) is 11.7 Å². The van der Waals surface area contributed by atoms with Crippen molar-refractivity contribution in [1.82, 2.24) is 19.8 Å². The summed E-state index contributed by atoms with van der Waals surface area (Å²) < 4.78 is 47.3. The minimum Gasteiger partial charge on any atom is -0.444 e. The number of rotatable bonds is 4. The van der Waals surface area contributed by atoms with E-state index in [0.29, 0.717) is 36.8 Å². The molecule has 1 aromatic rings. The van der Waals surface area contributed by atoms with E-state index in [-0.39, 0.29) is 32.5 Å². The Balaban J connectivity index is 1.20. The lowest BCUT2D eigenvalue weighted by Gasteiger charge is -2.28. The quantitative estimate of drug-likeness (QED) is 0.421. The number of ether oxygens (including phenoxy) is 1. The fourth-order valence-electron chi connectivity index (χ4n) is 6.47. The third kappa shape index (κ3) is 6.06. The van der Waals surface area contributed by atoms with Crippen molar-refractivity contribution in [2.45, 2.75) is 99.9 Å². The number of fused-ring (bicyclic) bond motifs is 3. The number of nitrogens with zero attached hydrogens (tertiary/aromatic N) is 2. The van der Waals surface area contributed by atoms with Gasteiger partial charge in [0.2, 0.25) is 21.8 Å². The fraction of sp³-hybridized carbons (Fsp3) is 0.600. The van der Waals surface area contributed by atoms with Crippen LogP contribution in [0.3, 0.4) is 0 Å². The molecule has 1 saturated heterocycles. The molecule has 0 spiro atoms. The van der Waals surface area contributed by atoms with E-state index in [1.54, 1.807) is 12.1 Å². The van der Waals surface area contributed by atoms with Gasteiger partial charge in [0, 0.05) is 24.4 Å². The Morgan fingerprint density at radius 2 is 1.91 bits per heavy atom. The maximum Gasteiger partial charge on any atom is 0.410 e. The first-order chi connectivity index (χ1) is 21.0. The van der Waals surface area contributed by atoms with E-state index in [2.05, 4.69) is 10.0 Å². The van der Waals surface area contributed by atoms with Gasteiger partial charge in [-0.05, 0) is 50.2 Å². The fourth-order valence-corrected chi connectivity index (χ4v) is 7.83. The third-order valence-corrected chi connectivity index (χ3v) is 11.2. The van der Waals surface area contributed by atoms with Crippen molar-refractivity contribution in [2.75, 3.05) is 6.54 Å². The Hall–Kier alpha value is -3.52. The van der Waals surface area contributed by atoms with E-state index in [0.717, 1.165) is 19.3 Å². The Morgan fingerprint density at radius 3 is 2.66 bits per heavy atom. The van der Waals surface area contributed by atoms with Gasteiger partial charge in [0.15, 0.2) is 0 Å². The topological polar surface area (TPSA) is 168 Å². The molecule has 44 heavy (non-hydrogen) atoms. The van der Waals surface area contributed by atoms with Crippen LogP contribution in [0.5, 0.6) is 0 Å². The standard InChI is InChI=1S/C30H38FN5O7S/c31-23-9-6-7-18-15-35(17-22(18)23)29(40)43-20-13-25-26(37)33-30(28(39)34-44(41,42)21-11-12-21)14-19(30)8-4-2-1-3-5-10-24(32)27(38)36(25)16-20/h4,6-9,19-21,24-25H,1-3,5,10-17,32H2,(H,33,37)(H,34,39)/b8-4-/t19-,20+,24-,25?,30+/m0/s1. The highest BCUT2D eigenvalue weighted by Crippen LogP contribution is 2.46. The second-order valence-electron chi connectivity index (χ2n) is 12.6. The lowest BCUT2D eigenvalue weighted by molar-refractivity contribution is -0.140. The van der Waals surface area contributed by atoms with Gasteiger partial charge in [-0.25, -0.2) is 17.6 Å². The minimum atomic E-state index is -3.86. The zero-order valence-electron chi connectivity index (χ0n) is 24.4. The molecule has 238 valence electrons. The molecule has 0 aromatic heterocycles. The first kappa shape index (κ1) is 30.5. The number of sulfonamides is 1. The van der Waals surface area contributed by atoms with E-state index >= 15 is 0 Å². The highest BCUT2D eigenvalue weighted by atomic mass is 32.2. The van der Waals surface area contributed by atoms with E-state index in [1.807, 2.05) is 12.2 Å². The molecule has 3 aliphatic heterocycles. The number of hydrogen-bond acceptors (Lipinski definition) is 8. The molecule has 3 heterocycles. The van der Waals surface area contributed by atoms with Crippen molar-refractivity contribution in [3.05, 3.63) is 47.3 Å². The summed E-state index contributed by atoms with van der Waals surface area (Å²) in [7, 11) is -3.86. The molecule has 1 unspecified atom stereocenters. The van der Waals surface area contributed by atoms with E-state index in [9.17, 15) is 32.0 Å². The number of hydrogen-bond donors (Lipinski definition) is 3. The number of nitrogens with one attached hydrogen (secondary N) is 2. The van der Waals surface area contributed by atoms with Crippen molar-refractivity contribution in [3.63, 3.8) is 0 Å². The van der Waals surface area contributed by atoms with Crippen LogP contribution in [0.1, 0.15) is 68.9 Å². The molecule has 5 aliphatic rings. The summed E-state index contributed by atoms with van der Waals surface area (Å²) in [6.45, 7) is 0.137. The van der Waals surface area contributed by atoms with E-state index in [4.69, 9.17) is 10.5 Å². The molecule has 5 atom stereocenters. The molecule has 0 bridgehead atoms. The Bertz CT molecular complexity index is 1500. The van der Waals surface area contributed by atoms with Crippen molar-refractivity contribution in [2.24, 2.45) is 11.7 Å². The van der Waals surface area contributed by atoms with Gasteiger partial charge in [0.1, 0.15) is 23.5 Å². The molecule has 2 aliphatic carbocycles. The predicted octanol–water partition coefficient (Wildman–Crippen LogP) is 1.58. The Morgan fingerprint density at radius 1 is 1.11 bits per heavy atom. The lowest BCUT2D eigenvalue weighted by atomic mass is 10.1. The van der Waals surface area contributed by atoms with Gasteiger partial charge in [-0.2, -0.15) is 0 Å². The minimum absolute atomic E-state index is 0.0379. The number of allylic oxidation sites excluding steroid dienone is 1. The summed E-state index contributed by atoms with van der Waals surface area (Å²) in [4.78, 5) is 56.5. The maximum atomic E-state index is 14.2. The van der Waals surface area contributed by atoms with Crippen molar-refractivity contribution in [3.8, 4) is 0 Å². The van der Waals surface area contributed by atoms with Gasteiger partial charge in [-0.15, -0.1) is 0 Å². The van der Waals surface area contributed by atoms with Gasteiger partial charge in [0.25, 0.3) is 5.91 Å². The van der Waals surface area contributed by atoms with E-state index in [1.165, 1.54) is 15.9 Å². The molecule has 14 heteroatoms. The van der Waals surface area contributed by atoms with Gasteiger partial charge in [0.05, 0.1) is 24.4 Å². The molecule has 3 fully saturated rings. The van der Waals surface area contributed by atoms with Crippen molar-refractivity contribution in [1.29, 1.82) is 0 Å². The van der Waals surface area contributed by atoms with Crippen LogP contribution in [0.25, 0.3) is 0 Å². The largest absolute Gasteiger partial charge is 0.444 e. The predicted molar refractivity (Wildman–Crippen MR) is 155 cm³/mol. The average molecular weight is 632 g/mol. The Labute approximate surface area is 255 Å². The maximum absolute atomic E-state index is 14.2.